The van der Waals surface area contributed by atoms with Gasteiger partial charge in [-0.25, -0.2) is 5.01 Å². The van der Waals surface area contributed by atoms with Crippen molar-refractivity contribution in [2.45, 2.75) is 19.3 Å². The number of nitriles is 1. The summed E-state index contributed by atoms with van der Waals surface area (Å²) in [4.78, 5) is 10.2. The first kappa shape index (κ1) is 12.3. The molecule has 0 aliphatic carbocycles. The maximum absolute atomic E-state index is 10.7. The van der Waals surface area contributed by atoms with Gasteiger partial charge >= 0.3 is 0 Å². The van der Waals surface area contributed by atoms with Gasteiger partial charge in [0, 0.05) is 19.2 Å². The molecule has 1 N–H and O–H groups in total. The minimum absolute atomic E-state index is 0.0852. The van der Waals surface area contributed by atoms with Gasteiger partial charge in [0.2, 0.25) is 0 Å². The summed E-state index contributed by atoms with van der Waals surface area (Å²) in [5.41, 5.74) is 3.84. The molecule has 0 saturated carbocycles. The van der Waals surface area contributed by atoms with Gasteiger partial charge in [0.05, 0.1) is 10.6 Å². The summed E-state index contributed by atoms with van der Waals surface area (Å²) in [7, 11) is 0. The van der Waals surface area contributed by atoms with Gasteiger partial charge in [-0.15, -0.1) is 0 Å². The Morgan fingerprint density at radius 1 is 1.33 bits per heavy atom. The lowest BCUT2D eigenvalue weighted by molar-refractivity contribution is -0.385. The van der Waals surface area contributed by atoms with Gasteiger partial charge in [0.15, 0.2) is 0 Å². The molecular weight excluding hydrogens is 232 g/mol. The second kappa shape index (κ2) is 5.47. The standard InChI is InChI=1S/C12H14N4O2/c13-9-10-8-11(4-5-12(10)16(17)18)14-15-6-2-1-3-7-15/h4-5,8,14H,1-3,6-7H2. The highest BCUT2D eigenvalue weighted by atomic mass is 16.6. The maximum Gasteiger partial charge on any atom is 0.287 e. The van der Waals surface area contributed by atoms with Gasteiger partial charge in [-0.3, -0.25) is 10.1 Å². The van der Waals surface area contributed by atoms with Gasteiger partial charge in [0.1, 0.15) is 11.6 Å². The molecule has 1 aliphatic heterocycles. The zero-order chi connectivity index (χ0) is 13.0. The average Bonchev–Trinajstić information content (AvgIpc) is 2.39. The Balaban J connectivity index is 2.14. The first-order valence-electron chi connectivity index (χ1n) is 5.91. The average molecular weight is 246 g/mol. The molecule has 1 saturated heterocycles. The molecule has 1 fully saturated rings. The van der Waals surface area contributed by atoms with Gasteiger partial charge in [0.25, 0.3) is 5.69 Å². The molecule has 1 aliphatic rings. The van der Waals surface area contributed by atoms with E-state index in [4.69, 9.17) is 5.26 Å². The fourth-order valence-corrected chi connectivity index (χ4v) is 2.04. The van der Waals surface area contributed by atoms with Crippen LogP contribution in [0.3, 0.4) is 0 Å². The molecule has 18 heavy (non-hydrogen) atoms. The summed E-state index contributed by atoms with van der Waals surface area (Å²) < 4.78 is 0. The van der Waals surface area contributed by atoms with Crippen molar-refractivity contribution in [1.82, 2.24) is 5.01 Å². The third-order valence-electron chi connectivity index (χ3n) is 2.96. The van der Waals surface area contributed by atoms with Crippen molar-refractivity contribution in [3.63, 3.8) is 0 Å². The number of hydrogen-bond acceptors (Lipinski definition) is 5. The number of nitrogens with zero attached hydrogens (tertiary/aromatic N) is 3. The first-order valence-corrected chi connectivity index (χ1v) is 5.91. The van der Waals surface area contributed by atoms with Crippen LogP contribution in [0.25, 0.3) is 0 Å². The number of nitro groups is 1. The molecule has 0 atom stereocenters. The predicted molar refractivity (Wildman–Crippen MR) is 66.9 cm³/mol. The van der Waals surface area contributed by atoms with Crippen molar-refractivity contribution in [3.05, 3.63) is 33.9 Å². The third kappa shape index (κ3) is 2.76. The molecule has 1 heterocycles. The number of anilines is 1. The van der Waals surface area contributed by atoms with Crippen LogP contribution in [-0.4, -0.2) is 23.0 Å². The largest absolute Gasteiger partial charge is 0.319 e. The van der Waals surface area contributed by atoms with Crippen molar-refractivity contribution in [3.8, 4) is 6.07 Å². The maximum atomic E-state index is 10.7. The molecule has 1 aromatic carbocycles. The fraction of sp³-hybridized carbons (Fsp3) is 0.417. The van der Waals surface area contributed by atoms with E-state index in [1.807, 2.05) is 6.07 Å². The van der Waals surface area contributed by atoms with Crippen LogP contribution in [0.2, 0.25) is 0 Å². The normalized spacial score (nSPS) is 15.9. The number of hydrogen-bond donors (Lipinski definition) is 1. The summed E-state index contributed by atoms with van der Waals surface area (Å²) in [6, 6.07) is 6.37. The van der Waals surface area contributed by atoms with E-state index in [0.29, 0.717) is 0 Å². The van der Waals surface area contributed by atoms with E-state index in [9.17, 15) is 10.1 Å². The van der Waals surface area contributed by atoms with Crippen LogP contribution in [0.4, 0.5) is 11.4 Å². The number of hydrazine groups is 1. The van der Waals surface area contributed by atoms with Gasteiger partial charge in [-0.1, -0.05) is 6.42 Å². The van der Waals surface area contributed by atoms with Crippen LogP contribution in [0, 0.1) is 21.4 Å². The van der Waals surface area contributed by atoms with Gasteiger partial charge in [-0.2, -0.15) is 5.26 Å². The molecule has 0 spiro atoms. The lowest BCUT2D eigenvalue weighted by Crippen LogP contribution is -2.34. The van der Waals surface area contributed by atoms with E-state index >= 15 is 0 Å². The molecule has 0 unspecified atom stereocenters. The van der Waals surface area contributed by atoms with E-state index in [-0.39, 0.29) is 11.3 Å². The van der Waals surface area contributed by atoms with E-state index < -0.39 is 4.92 Å². The summed E-state index contributed by atoms with van der Waals surface area (Å²) in [5.74, 6) is 0. The molecule has 6 heteroatoms. The Kier molecular flexibility index (Phi) is 3.75. The molecule has 6 nitrogen and oxygen atoms in total. The predicted octanol–water partition coefficient (Wildman–Crippen LogP) is 2.28. The van der Waals surface area contributed by atoms with Crippen molar-refractivity contribution in [2.75, 3.05) is 18.5 Å². The number of nitrogens with one attached hydrogen (secondary N) is 1. The highest BCUT2D eigenvalue weighted by Gasteiger charge is 2.15. The number of benzene rings is 1. The monoisotopic (exact) mass is 246 g/mol. The Hall–Kier alpha value is -2.13. The van der Waals surface area contributed by atoms with Crippen LogP contribution < -0.4 is 5.43 Å². The van der Waals surface area contributed by atoms with Crippen molar-refractivity contribution in [1.29, 1.82) is 5.26 Å². The van der Waals surface area contributed by atoms with E-state index in [1.54, 1.807) is 6.07 Å². The highest BCUT2D eigenvalue weighted by Crippen LogP contribution is 2.22. The number of nitro benzene ring substituents is 1. The Morgan fingerprint density at radius 3 is 2.67 bits per heavy atom. The Morgan fingerprint density at radius 2 is 2.06 bits per heavy atom. The molecule has 1 aromatic rings. The molecule has 94 valence electrons. The van der Waals surface area contributed by atoms with Crippen LogP contribution in [0.1, 0.15) is 24.8 Å². The molecule has 0 radical (unpaired) electrons. The smallest absolute Gasteiger partial charge is 0.287 e. The molecule has 2 rings (SSSR count). The topological polar surface area (TPSA) is 82.2 Å². The summed E-state index contributed by atoms with van der Waals surface area (Å²) >= 11 is 0. The molecule has 0 amide bonds. The lowest BCUT2D eigenvalue weighted by atomic mass is 10.1. The number of piperidine rings is 1. The quantitative estimate of drug-likeness (QED) is 0.653. The third-order valence-corrected chi connectivity index (χ3v) is 2.96. The van der Waals surface area contributed by atoms with Crippen LogP contribution in [0.5, 0.6) is 0 Å². The first-order chi connectivity index (χ1) is 8.70. The van der Waals surface area contributed by atoms with E-state index in [2.05, 4.69) is 10.4 Å². The minimum atomic E-state index is -0.538. The second-order valence-corrected chi connectivity index (χ2v) is 4.26. The second-order valence-electron chi connectivity index (χ2n) is 4.26. The summed E-state index contributed by atoms with van der Waals surface area (Å²) in [6.07, 6.45) is 3.53. The van der Waals surface area contributed by atoms with Crippen molar-refractivity contribution in [2.24, 2.45) is 0 Å². The van der Waals surface area contributed by atoms with Crippen LogP contribution in [-0.2, 0) is 0 Å². The zero-order valence-corrected chi connectivity index (χ0v) is 9.93. The highest BCUT2D eigenvalue weighted by molar-refractivity contribution is 5.58. The number of rotatable bonds is 3. The SMILES string of the molecule is N#Cc1cc(NN2CCCCC2)ccc1[N+](=O)[O-]. The summed E-state index contributed by atoms with van der Waals surface area (Å²) in [5, 5.41) is 21.7. The van der Waals surface area contributed by atoms with Gasteiger partial charge < -0.3 is 5.43 Å². The zero-order valence-electron chi connectivity index (χ0n) is 9.93. The lowest BCUT2D eigenvalue weighted by Gasteiger charge is -2.27. The minimum Gasteiger partial charge on any atom is -0.319 e. The van der Waals surface area contributed by atoms with Crippen LogP contribution >= 0.6 is 0 Å². The molecule has 0 bridgehead atoms. The van der Waals surface area contributed by atoms with Crippen molar-refractivity contribution >= 4 is 11.4 Å². The van der Waals surface area contributed by atoms with Gasteiger partial charge in [-0.05, 0) is 25.0 Å². The van der Waals surface area contributed by atoms with Crippen LogP contribution in [0.15, 0.2) is 18.2 Å². The molecule has 0 aromatic heterocycles. The van der Waals surface area contributed by atoms with Crippen molar-refractivity contribution < 1.29 is 4.92 Å². The van der Waals surface area contributed by atoms with E-state index in [0.717, 1.165) is 31.6 Å². The molecular formula is C12H14N4O2. The van der Waals surface area contributed by atoms with E-state index in [1.165, 1.54) is 18.6 Å². The summed E-state index contributed by atoms with van der Waals surface area (Å²) in [6.45, 7) is 1.91. The Bertz CT molecular complexity index is 489. The Labute approximate surface area is 105 Å². The fourth-order valence-electron chi connectivity index (χ4n) is 2.04.